The minimum absolute atomic E-state index is 0.0932. The average molecular weight is 279 g/mol. The third-order valence-electron chi connectivity index (χ3n) is 3.46. The summed E-state index contributed by atoms with van der Waals surface area (Å²) in [6, 6.07) is 3.63. The largest absolute Gasteiger partial charge is 0.409 e. The van der Waals surface area contributed by atoms with E-state index < -0.39 is 0 Å². The van der Waals surface area contributed by atoms with Gasteiger partial charge in [0, 0.05) is 44.0 Å². The molecule has 0 radical (unpaired) electrons. The van der Waals surface area contributed by atoms with Crippen molar-refractivity contribution in [3.8, 4) is 0 Å². The summed E-state index contributed by atoms with van der Waals surface area (Å²) in [6.07, 6.45) is 0. The van der Waals surface area contributed by atoms with Gasteiger partial charge in [0.05, 0.1) is 6.61 Å². The van der Waals surface area contributed by atoms with Gasteiger partial charge in [-0.25, -0.2) is 4.98 Å². The number of oxime groups is 1. The van der Waals surface area contributed by atoms with Crippen molar-refractivity contribution in [2.75, 3.05) is 44.2 Å². The molecule has 20 heavy (non-hydrogen) atoms. The first-order valence-corrected chi connectivity index (χ1v) is 6.69. The van der Waals surface area contributed by atoms with Gasteiger partial charge in [0.1, 0.15) is 5.82 Å². The highest BCUT2D eigenvalue weighted by Gasteiger charge is 2.18. The molecule has 7 heteroatoms. The number of nitrogens with zero attached hydrogens (tertiary/aromatic N) is 4. The Morgan fingerprint density at radius 3 is 2.65 bits per heavy atom. The average Bonchev–Trinajstić information content (AvgIpc) is 2.47. The first kappa shape index (κ1) is 14.5. The molecule has 7 nitrogen and oxygen atoms in total. The number of nitrogens with two attached hydrogens (primary N) is 1. The Morgan fingerprint density at radius 2 is 2.05 bits per heavy atom. The minimum atomic E-state index is 0.0932. The number of hydrogen-bond donors (Lipinski definition) is 3. The smallest absolute Gasteiger partial charge is 0.170 e. The van der Waals surface area contributed by atoms with E-state index in [-0.39, 0.29) is 12.4 Å². The quantitative estimate of drug-likeness (QED) is 0.300. The Morgan fingerprint density at radius 1 is 1.35 bits per heavy atom. The van der Waals surface area contributed by atoms with Crippen LogP contribution in [0.25, 0.3) is 0 Å². The summed E-state index contributed by atoms with van der Waals surface area (Å²) < 4.78 is 0. The number of aryl methyl sites for hydroxylation is 1. The van der Waals surface area contributed by atoms with Crippen LogP contribution in [-0.4, -0.2) is 65.4 Å². The summed E-state index contributed by atoms with van der Waals surface area (Å²) >= 11 is 0. The van der Waals surface area contributed by atoms with Crippen LogP contribution in [0, 0.1) is 6.92 Å². The van der Waals surface area contributed by atoms with Crippen LogP contribution < -0.4 is 10.6 Å². The molecule has 110 valence electrons. The molecule has 1 fully saturated rings. The third-order valence-corrected chi connectivity index (χ3v) is 3.46. The Balaban J connectivity index is 2.12. The predicted molar refractivity (Wildman–Crippen MR) is 77.2 cm³/mol. The van der Waals surface area contributed by atoms with Gasteiger partial charge in [0.15, 0.2) is 5.84 Å². The Bertz CT molecular complexity index is 484. The van der Waals surface area contributed by atoms with E-state index in [4.69, 9.17) is 16.0 Å². The van der Waals surface area contributed by atoms with E-state index in [1.165, 1.54) is 0 Å². The van der Waals surface area contributed by atoms with Gasteiger partial charge >= 0.3 is 0 Å². The first-order chi connectivity index (χ1) is 9.63. The van der Waals surface area contributed by atoms with Crippen LogP contribution in [0.4, 0.5) is 5.82 Å². The van der Waals surface area contributed by atoms with E-state index in [9.17, 15) is 0 Å². The van der Waals surface area contributed by atoms with Gasteiger partial charge in [0.25, 0.3) is 0 Å². The maximum atomic E-state index is 8.94. The van der Waals surface area contributed by atoms with Crippen LogP contribution in [-0.2, 0) is 0 Å². The predicted octanol–water partition coefficient (Wildman–Crippen LogP) is -0.401. The maximum absolute atomic E-state index is 8.94. The SMILES string of the molecule is Cc1cc(/C(N)=N/O)cc(N2CCN(CCO)CC2)n1. The lowest BCUT2D eigenvalue weighted by molar-refractivity contribution is 0.188. The molecular formula is C13H21N5O2. The van der Waals surface area contributed by atoms with E-state index in [2.05, 4.69) is 19.9 Å². The van der Waals surface area contributed by atoms with Crippen LogP contribution >= 0.6 is 0 Å². The molecule has 1 saturated heterocycles. The van der Waals surface area contributed by atoms with Crippen LogP contribution in [0.15, 0.2) is 17.3 Å². The molecule has 0 atom stereocenters. The second-order valence-electron chi connectivity index (χ2n) is 4.89. The second kappa shape index (κ2) is 6.53. The molecule has 0 saturated carbocycles. The molecule has 0 amide bonds. The fraction of sp³-hybridized carbons (Fsp3) is 0.538. The number of piperazine rings is 1. The third kappa shape index (κ3) is 3.37. The molecule has 1 aliphatic heterocycles. The monoisotopic (exact) mass is 279 g/mol. The number of aliphatic hydroxyl groups is 1. The van der Waals surface area contributed by atoms with Gasteiger partial charge in [-0.05, 0) is 19.1 Å². The number of β-amino-alcohol motifs (C(OH)–C–C–N with tert-alkyl or cyclic N) is 1. The van der Waals surface area contributed by atoms with Gasteiger partial charge < -0.3 is 20.9 Å². The summed E-state index contributed by atoms with van der Waals surface area (Å²) in [4.78, 5) is 8.91. The molecule has 0 aliphatic carbocycles. The summed E-state index contributed by atoms with van der Waals surface area (Å²) in [7, 11) is 0. The number of aromatic nitrogens is 1. The highest BCUT2D eigenvalue weighted by atomic mass is 16.4. The van der Waals surface area contributed by atoms with Gasteiger partial charge in [-0.2, -0.15) is 0 Å². The number of hydrogen-bond acceptors (Lipinski definition) is 6. The van der Waals surface area contributed by atoms with Crippen molar-refractivity contribution in [1.29, 1.82) is 0 Å². The lowest BCUT2D eigenvalue weighted by Crippen LogP contribution is -2.47. The zero-order chi connectivity index (χ0) is 14.5. The fourth-order valence-electron chi connectivity index (χ4n) is 2.36. The minimum Gasteiger partial charge on any atom is -0.409 e. The lowest BCUT2D eigenvalue weighted by Gasteiger charge is -2.35. The van der Waals surface area contributed by atoms with Crippen molar-refractivity contribution in [3.05, 3.63) is 23.4 Å². The van der Waals surface area contributed by atoms with Crippen LogP contribution in [0.5, 0.6) is 0 Å². The molecule has 0 bridgehead atoms. The van der Waals surface area contributed by atoms with Crippen molar-refractivity contribution in [2.45, 2.75) is 6.92 Å². The second-order valence-corrected chi connectivity index (χ2v) is 4.89. The van der Waals surface area contributed by atoms with E-state index in [0.717, 1.165) is 37.7 Å². The van der Waals surface area contributed by atoms with E-state index >= 15 is 0 Å². The maximum Gasteiger partial charge on any atom is 0.170 e. The van der Waals surface area contributed by atoms with E-state index in [1.807, 2.05) is 13.0 Å². The molecular weight excluding hydrogens is 258 g/mol. The highest BCUT2D eigenvalue weighted by molar-refractivity contribution is 5.97. The number of pyridine rings is 1. The van der Waals surface area contributed by atoms with Crippen molar-refractivity contribution in [1.82, 2.24) is 9.88 Å². The van der Waals surface area contributed by atoms with E-state index in [1.54, 1.807) is 6.07 Å². The van der Waals surface area contributed by atoms with Crippen LogP contribution in [0.1, 0.15) is 11.3 Å². The molecule has 4 N–H and O–H groups in total. The standard InChI is InChI=1S/C13H21N5O2/c1-10-8-11(13(14)16-20)9-12(15-10)18-4-2-17(3-5-18)6-7-19/h8-9,19-20H,2-7H2,1H3,(H2,14,16). The zero-order valence-electron chi connectivity index (χ0n) is 11.7. The summed E-state index contributed by atoms with van der Waals surface area (Å²) in [6.45, 7) is 6.29. The summed E-state index contributed by atoms with van der Waals surface area (Å²) in [5.41, 5.74) is 7.15. The highest BCUT2D eigenvalue weighted by Crippen LogP contribution is 2.17. The summed E-state index contributed by atoms with van der Waals surface area (Å²) in [5, 5.41) is 20.8. The molecule has 2 rings (SSSR count). The Labute approximate surface area is 118 Å². The normalized spacial score (nSPS) is 17.5. The molecule has 1 aromatic heterocycles. The number of rotatable bonds is 4. The molecule has 1 aromatic rings. The zero-order valence-corrected chi connectivity index (χ0v) is 11.7. The van der Waals surface area contributed by atoms with Crippen molar-refractivity contribution >= 4 is 11.7 Å². The Hall–Kier alpha value is -1.86. The van der Waals surface area contributed by atoms with Gasteiger partial charge in [-0.1, -0.05) is 5.16 Å². The fourth-order valence-corrected chi connectivity index (χ4v) is 2.36. The van der Waals surface area contributed by atoms with Crippen molar-refractivity contribution in [3.63, 3.8) is 0 Å². The molecule has 2 heterocycles. The van der Waals surface area contributed by atoms with E-state index in [0.29, 0.717) is 12.1 Å². The van der Waals surface area contributed by atoms with Gasteiger partial charge in [-0.3, -0.25) is 4.90 Å². The topological polar surface area (TPSA) is 98.2 Å². The Kier molecular flexibility index (Phi) is 4.75. The van der Waals surface area contributed by atoms with Gasteiger partial charge in [-0.15, -0.1) is 0 Å². The molecule has 0 spiro atoms. The van der Waals surface area contributed by atoms with Crippen molar-refractivity contribution in [2.24, 2.45) is 10.9 Å². The number of amidine groups is 1. The number of aliphatic hydroxyl groups excluding tert-OH is 1. The van der Waals surface area contributed by atoms with Gasteiger partial charge in [0.2, 0.25) is 0 Å². The molecule has 0 unspecified atom stereocenters. The lowest BCUT2D eigenvalue weighted by atomic mass is 10.2. The molecule has 1 aliphatic rings. The summed E-state index contributed by atoms with van der Waals surface area (Å²) in [5.74, 6) is 0.936. The molecule has 0 aromatic carbocycles. The van der Waals surface area contributed by atoms with Crippen LogP contribution in [0.2, 0.25) is 0 Å². The van der Waals surface area contributed by atoms with Crippen molar-refractivity contribution < 1.29 is 10.3 Å². The number of anilines is 1. The first-order valence-electron chi connectivity index (χ1n) is 6.69. The van der Waals surface area contributed by atoms with Crippen LogP contribution in [0.3, 0.4) is 0 Å².